The summed E-state index contributed by atoms with van der Waals surface area (Å²) in [5, 5.41) is 9.30. The smallest absolute Gasteiger partial charge is 0.416 e. The number of carbonyl (C=O) groups is 1. The van der Waals surface area contributed by atoms with Crippen molar-refractivity contribution in [2.75, 3.05) is 4.31 Å². The van der Waals surface area contributed by atoms with Crippen LogP contribution in [0.5, 0.6) is 0 Å². The van der Waals surface area contributed by atoms with Gasteiger partial charge >= 0.3 is 12.1 Å². The largest absolute Gasteiger partial charge is 0.481 e. The van der Waals surface area contributed by atoms with Crippen LogP contribution in [0, 0.1) is 11.6 Å². The van der Waals surface area contributed by atoms with Crippen molar-refractivity contribution in [3.05, 3.63) is 83.4 Å². The third kappa shape index (κ3) is 4.47. The third-order valence-corrected chi connectivity index (χ3v) is 7.30. The van der Waals surface area contributed by atoms with E-state index in [0.717, 1.165) is 34.6 Å². The van der Waals surface area contributed by atoms with Gasteiger partial charge in [0.25, 0.3) is 10.0 Å². The van der Waals surface area contributed by atoms with Crippen molar-refractivity contribution < 1.29 is 40.3 Å². The summed E-state index contributed by atoms with van der Waals surface area (Å²) in [6, 6.07) is 9.14. The Morgan fingerprint density at radius 2 is 1.65 bits per heavy atom. The zero-order valence-electron chi connectivity index (χ0n) is 17.2. The van der Waals surface area contributed by atoms with Crippen molar-refractivity contribution in [2.24, 2.45) is 0 Å². The fourth-order valence-corrected chi connectivity index (χ4v) is 5.73. The number of halogens is 5. The topological polar surface area (TPSA) is 74.7 Å². The summed E-state index contributed by atoms with van der Waals surface area (Å²) in [7, 11) is -4.62. The molecule has 3 aromatic rings. The van der Waals surface area contributed by atoms with Crippen LogP contribution in [0.3, 0.4) is 0 Å². The van der Waals surface area contributed by atoms with E-state index >= 15 is 0 Å². The van der Waals surface area contributed by atoms with E-state index in [1.165, 1.54) is 18.2 Å². The minimum Gasteiger partial charge on any atom is -0.481 e. The molecule has 3 aromatic carbocycles. The van der Waals surface area contributed by atoms with Crippen LogP contribution in [0.25, 0.3) is 11.1 Å². The Hall–Kier alpha value is -3.47. The molecule has 0 aromatic heterocycles. The van der Waals surface area contributed by atoms with Crippen molar-refractivity contribution >= 4 is 21.7 Å². The molecule has 5 nitrogen and oxygen atoms in total. The number of hydrogen-bond acceptors (Lipinski definition) is 3. The summed E-state index contributed by atoms with van der Waals surface area (Å²) < 4.78 is 94.7. The molecule has 4 rings (SSSR count). The van der Waals surface area contributed by atoms with Gasteiger partial charge in [-0.05, 0) is 59.5 Å². The number of hydrogen-bond donors (Lipinski definition) is 1. The monoisotopic (exact) mass is 497 g/mol. The Labute approximate surface area is 191 Å². The molecule has 34 heavy (non-hydrogen) atoms. The first-order valence-corrected chi connectivity index (χ1v) is 11.3. The molecular weight excluding hydrogens is 481 g/mol. The minimum absolute atomic E-state index is 0.00236. The number of carboxylic acid groups (broad SMARTS) is 1. The lowest BCUT2D eigenvalue weighted by Crippen LogP contribution is -2.39. The molecule has 1 heterocycles. The molecule has 1 atom stereocenters. The number of nitrogens with zero attached hydrogens (tertiary/aromatic N) is 1. The molecule has 11 heteroatoms. The number of alkyl halides is 3. The lowest BCUT2D eigenvalue weighted by Gasteiger charge is -2.26. The number of fused-ring (bicyclic) bond motifs is 1. The first-order valence-electron chi connectivity index (χ1n) is 9.89. The average molecular weight is 497 g/mol. The van der Waals surface area contributed by atoms with Gasteiger partial charge in [-0.15, -0.1) is 0 Å². The molecule has 178 valence electrons. The van der Waals surface area contributed by atoms with Gasteiger partial charge in [0.15, 0.2) is 0 Å². The number of rotatable bonds is 5. The molecule has 0 saturated heterocycles. The molecule has 0 saturated carbocycles. The van der Waals surface area contributed by atoms with Crippen LogP contribution in [0.1, 0.15) is 17.5 Å². The molecule has 0 amide bonds. The lowest BCUT2D eigenvalue weighted by atomic mass is 10.0. The second-order valence-corrected chi connectivity index (χ2v) is 9.60. The van der Waals surface area contributed by atoms with Gasteiger partial charge in [-0.1, -0.05) is 18.2 Å². The molecule has 1 aliphatic rings. The Balaban J connectivity index is 1.86. The van der Waals surface area contributed by atoms with E-state index in [1.54, 1.807) is 0 Å². The minimum atomic E-state index is -4.79. The van der Waals surface area contributed by atoms with E-state index in [4.69, 9.17) is 0 Å². The zero-order valence-corrected chi connectivity index (χ0v) is 18.0. The summed E-state index contributed by atoms with van der Waals surface area (Å²) in [4.78, 5) is 10.8. The predicted octanol–water partition coefficient (Wildman–Crippen LogP) is 5.25. The molecular formula is C23H16F5NO4S. The first-order chi connectivity index (χ1) is 15.9. The second kappa shape index (κ2) is 8.39. The Bertz CT molecular complexity index is 1370. The Kier molecular flexibility index (Phi) is 5.84. The van der Waals surface area contributed by atoms with Crippen molar-refractivity contribution in [2.45, 2.75) is 30.0 Å². The number of benzene rings is 3. The molecule has 0 fully saturated rings. The standard InChI is InChI=1S/C23H16F5NO4S/c24-17-6-15(7-18(25)11-17)13-4-5-14-8-19(12-22(30)31)29(21(14)9-13)34(32,33)20-3-1-2-16(10-20)23(26,27)28/h1-7,9-11,19H,8,12H2,(H,30,31). The SMILES string of the molecule is O=C(O)CC1Cc2ccc(-c3cc(F)cc(F)c3)cc2N1S(=O)(=O)c1cccc(C(F)(F)F)c1. The van der Waals surface area contributed by atoms with E-state index < -0.39 is 56.7 Å². The maximum Gasteiger partial charge on any atom is 0.416 e. The van der Waals surface area contributed by atoms with E-state index in [9.17, 15) is 40.3 Å². The van der Waals surface area contributed by atoms with Crippen LogP contribution in [0.2, 0.25) is 0 Å². The molecule has 0 aliphatic carbocycles. The molecule has 1 N–H and O–H groups in total. The van der Waals surface area contributed by atoms with Crippen molar-refractivity contribution in [1.29, 1.82) is 0 Å². The highest BCUT2D eigenvalue weighted by Gasteiger charge is 2.41. The highest BCUT2D eigenvalue weighted by atomic mass is 32.2. The highest BCUT2D eigenvalue weighted by molar-refractivity contribution is 7.92. The molecule has 0 bridgehead atoms. The van der Waals surface area contributed by atoms with Gasteiger partial charge in [0.05, 0.1) is 28.6 Å². The fourth-order valence-electron chi connectivity index (χ4n) is 4.00. The predicted molar refractivity (Wildman–Crippen MR) is 113 cm³/mol. The van der Waals surface area contributed by atoms with Crippen LogP contribution in [-0.4, -0.2) is 25.5 Å². The zero-order chi connectivity index (χ0) is 24.8. The molecule has 0 spiro atoms. The third-order valence-electron chi connectivity index (χ3n) is 5.43. The Morgan fingerprint density at radius 3 is 2.26 bits per heavy atom. The van der Waals surface area contributed by atoms with Gasteiger partial charge in [-0.3, -0.25) is 9.10 Å². The van der Waals surface area contributed by atoms with Gasteiger partial charge in [0.2, 0.25) is 0 Å². The second-order valence-electron chi connectivity index (χ2n) is 7.78. The van der Waals surface area contributed by atoms with Crippen molar-refractivity contribution in [3.8, 4) is 11.1 Å². The summed E-state index contributed by atoms with van der Waals surface area (Å²) in [5.41, 5.74) is -0.351. The fraction of sp³-hybridized carbons (Fsp3) is 0.174. The van der Waals surface area contributed by atoms with E-state index in [0.29, 0.717) is 17.7 Å². The Morgan fingerprint density at radius 1 is 0.971 bits per heavy atom. The van der Waals surface area contributed by atoms with Crippen molar-refractivity contribution in [1.82, 2.24) is 0 Å². The van der Waals surface area contributed by atoms with E-state index in [1.807, 2.05) is 0 Å². The quantitative estimate of drug-likeness (QED) is 0.489. The normalized spacial score (nSPS) is 15.9. The van der Waals surface area contributed by atoms with E-state index in [2.05, 4.69) is 0 Å². The van der Waals surface area contributed by atoms with Gasteiger partial charge in [0, 0.05) is 6.07 Å². The molecule has 1 aliphatic heterocycles. The molecule has 1 unspecified atom stereocenters. The number of sulfonamides is 1. The summed E-state index contributed by atoms with van der Waals surface area (Å²) in [6.45, 7) is 0. The van der Waals surface area contributed by atoms with Gasteiger partial charge in [0.1, 0.15) is 11.6 Å². The van der Waals surface area contributed by atoms with Crippen molar-refractivity contribution in [3.63, 3.8) is 0 Å². The van der Waals surface area contributed by atoms with Gasteiger partial charge in [-0.2, -0.15) is 13.2 Å². The van der Waals surface area contributed by atoms with E-state index in [-0.39, 0.29) is 23.2 Å². The van der Waals surface area contributed by atoms with Crippen LogP contribution in [0.15, 0.2) is 65.6 Å². The van der Waals surface area contributed by atoms with Gasteiger partial charge in [-0.25, -0.2) is 17.2 Å². The average Bonchev–Trinajstić information content (AvgIpc) is 3.09. The maximum absolute atomic E-state index is 13.7. The van der Waals surface area contributed by atoms with Crippen LogP contribution < -0.4 is 4.31 Å². The van der Waals surface area contributed by atoms with Crippen LogP contribution in [-0.2, 0) is 27.4 Å². The highest BCUT2D eigenvalue weighted by Crippen LogP contribution is 2.41. The number of aliphatic carboxylic acids is 1. The first kappa shape index (κ1) is 23.7. The summed E-state index contributed by atoms with van der Waals surface area (Å²) in [6.07, 6.45) is -5.39. The number of carboxylic acids is 1. The number of anilines is 1. The van der Waals surface area contributed by atoms with Gasteiger partial charge < -0.3 is 5.11 Å². The van der Waals surface area contributed by atoms with Crippen LogP contribution >= 0.6 is 0 Å². The maximum atomic E-state index is 13.7. The summed E-state index contributed by atoms with van der Waals surface area (Å²) >= 11 is 0. The summed E-state index contributed by atoms with van der Waals surface area (Å²) in [5.74, 6) is -3.00. The lowest BCUT2D eigenvalue weighted by molar-refractivity contribution is -0.138. The van der Waals surface area contributed by atoms with Crippen LogP contribution in [0.4, 0.5) is 27.6 Å². The molecule has 0 radical (unpaired) electrons.